The first kappa shape index (κ1) is 23.8. The average Bonchev–Trinajstić information content (AvgIpc) is 3.44. The van der Waals surface area contributed by atoms with Crippen LogP contribution in [-0.4, -0.2) is 54.0 Å². The predicted octanol–water partition coefficient (Wildman–Crippen LogP) is 3.44. The molecule has 0 spiro atoms. The van der Waals surface area contributed by atoms with E-state index in [0.29, 0.717) is 19.3 Å². The Balaban J connectivity index is 1.43. The third-order valence-electron chi connectivity index (χ3n) is 6.98. The van der Waals surface area contributed by atoms with Crippen molar-refractivity contribution in [3.05, 3.63) is 59.7 Å². The van der Waals surface area contributed by atoms with Gasteiger partial charge in [-0.05, 0) is 41.5 Å². The molecule has 1 saturated heterocycles. The number of carboxylic acid groups (broad SMARTS) is 1. The zero-order valence-corrected chi connectivity index (χ0v) is 19.4. The first-order chi connectivity index (χ1) is 16.4. The fourth-order valence-corrected chi connectivity index (χ4v) is 4.92. The minimum atomic E-state index is -1.21. The first-order valence-corrected chi connectivity index (χ1v) is 11.7. The van der Waals surface area contributed by atoms with E-state index in [-0.39, 0.29) is 19.1 Å². The Kier molecular flexibility index (Phi) is 6.88. The SMILES string of the molecule is CCC(CC)(NC(=O)OCC1c2ccccc2-c2ccccc21)C(=O)N[C@H]1CCO[C@H]1C(=O)O. The fourth-order valence-electron chi connectivity index (χ4n) is 4.92. The molecule has 2 aliphatic rings. The normalized spacial score (nSPS) is 19.2. The standard InChI is InChI=1S/C26H30N2O6/c1-3-26(4-2,24(31)27-21-13-14-33-22(21)23(29)30)28-25(32)34-15-20-18-11-7-5-9-16(18)17-10-6-8-12-19(17)20/h5-12,20-22H,3-4,13-15H2,1-2H3,(H,27,31)(H,28,32)(H,29,30)/t21-,22+/m0/s1. The second-order valence-electron chi connectivity index (χ2n) is 8.74. The molecule has 1 heterocycles. The van der Waals surface area contributed by atoms with Crippen LogP contribution in [-0.2, 0) is 19.1 Å². The van der Waals surface area contributed by atoms with Gasteiger partial charge in [0.2, 0.25) is 5.91 Å². The lowest BCUT2D eigenvalue weighted by atomic mass is 9.91. The molecule has 0 radical (unpaired) electrons. The van der Waals surface area contributed by atoms with Crippen molar-refractivity contribution in [3.63, 3.8) is 0 Å². The van der Waals surface area contributed by atoms with Crippen molar-refractivity contribution >= 4 is 18.0 Å². The summed E-state index contributed by atoms with van der Waals surface area (Å²) in [4.78, 5) is 37.4. The molecule has 2 amide bonds. The summed E-state index contributed by atoms with van der Waals surface area (Å²) in [7, 11) is 0. The van der Waals surface area contributed by atoms with Crippen LogP contribution in [0.5, 0.6) is 0 Å². The lowest BCUT2D eigenvalue weighted by Gasteiger charge is -2.32. The maximum Gasteiger partial charge on any atom is 0.408 e. The van der Waals surface area contributed by atoms with E-state index in [9.17, 15) is 19.5 Å². The van der Waals surface area contributed by atoms with E-state index in [0.717, 1.165) is 22.3 Å². The Morgan fingerprint density at radius 2 is 1.62 bits per heavy atom. The molecule has 2 aromatic carbocycles. The van der Waals surface area contributed by atoms with Gasteiger partial charge in [0.05, 0.1) is 6.04 Å². The number of hydrogen-bond acceptors (Lipinski definition) is 5. The van der Waals surface area contributed by atoms with E-state index < -0.39 is 35.7 Å². The van der Waals surface area contributed by atoms with Gasteiger partial charge in [-0.15, -0.1) is 0 Å². The van der Waals surface area contributed by atoms with Crippen LogP contribution < -0.4 is 10.6 Å². The Morgan fingerprint density at radius 3 is 2.18 bits per heavy atom. The summed E-state index contributed by atoms with van der Waals surface area (Å²) >= 11 is 0. The van der Waals surface area contributed by atoms with Crippen LogP contribution in [0, 0.1) is 0 Å². The van der Waals surface area contributed by atoms with E-state index in [1.807, 2.05) is 36.4 Å². The van der Waals surface area contributed by atoms with Crippen LogP contribution in [0.25, 0.3) is 11.1 Å². The molecule has 0 bridgehead atoms. The Labute approximate surface area is 198 Å². The first-order valence-electron chi connectivity index (χ1n) is 11.7. The van der Waals surface area contributed by atoms with Crippen molar-refractivity contribution in [3.8, 4) is 11.1 Å². The Hall–Kier alpha value is -3.39. The summed E-state index contributed by atoms with van der Waals surface area (Å²) in [5.41, 5.74) is 3.26. The number of carboxylic acids is 1. The molecule has 8 heteroatoms. The van der Waals surface area contributed by atoms with Crippen LogP contribution in [0.2, 0.25) is 0 Å². The van der Waals surface area contributed by atoms with Gasteiger partial charge >= 0.3 is 12.1 Å². The molecular formula is C26H30N2O6. The molecule has 180 valence electrons. The van der Waals surface area contributed by atoms with Crippen molar-refractivity contribution in [2.75, 3.05) is 13.2 Å². The topological polar surface area (TPSA) is 114 Å². The summed E-state index contributed by atoms with van der Waals surface area (Å²) in [5.74, 6) is -1.64. The maximum atomic E-state index is 13.1. The number of fused-ring (bicyclic) bond motifs is 3. The van der Waals surface area contributed by atoms with Gasteiger partial charge in [0.15, 0.2) is 6.10 Å². The molecule has 8 nitrogen and oxygen atoms in total. The minimum Gasteiger partial charge on any atom is -0.479 e. The van der Waals surface area contributed by atoms with E-state index in [1.54, 1.807) is 13.8 Å². The number of hydrogen-bond donors (Lipinski definition) is 3. The summed E-state index contributed by atoms with van der Waals surface area (Å²) in [6.07, 6.45) is -0.727. The van der Waals surface area contributed by atoms with E-state index in [2.05, 4.69) is 22.8 Å². The van der Waals surface area contributed by atoms with Gasteiger partial charge in [-0.2, -0.15) is 0 Å². The van der Waals surface area contributed by atoms with Crippen molar-refractivity contribution in [2.45, 2.75) is 56.7 Å². The van der Waals surface area contributed by atoms with Crippen molar-refractivity contribution in [1.29, 1.82) is 0 Å². The van der Waals surface area contributed by atoms with Gasteiger partial charge in [0.1, 0.15) is 12.1 Å². The molecular weight excluding hydrogens is 436 g/mol. The summed E-state index contributed by atoms with van der Waals surface area (Å²) < 4.78 is 10.8. The Bertz CT molecular complexity index is 1030. The van der Waals surface area contributed by atoms with Gasteiger partial charge in [-0.3, -0.25) is 4.79 Å². The molecule has 2 aromatic rings. The molecule has 0 unspecified atom stereocenters. The highest BCUT2D eigenvalue weighted by Crippen LogP contribution is 2.44. The molecule has 4 rings (SSSR count). The number of aliphatic carboxylic acids is 1. The van der Waals surface area contributed by atoms with Gasteiger partial charge in [0.25, 0.3) is 0 Å². The average molecular weight is 467 g/mol. The third kappa shape index (κ3) is 4.37. The zero-order chi connectivity index (χ0) is 24.3. The number of nitrogens with one attached hydrogen (secondary N) is 2. The van der Waals surface area contributed by atoms with Crippen LogP contribution in [0.3, 0.4) is 0 Å². The smallest absolute Gasteiger partial charge is 0.408 e. The lowest BCUT2D eigenvalue weighted by Crippen LogP contribution is -2.61. The number of alkyl carbamates (subject to hydrolysis) is 1. The zero-order valence-electron chi connectivity index (χ0n) is 19.4. The van der Waals surface area contributed by atoms with Gasteiger partial charge in [0, 0.05) is 12.5 Å². The fraction of sp³-hybridized carbons (Fsp3) is 0.423. The van der Waals surface area contributed by atoms with E-state index >= 15 is 0 Å². The predicted molar refractivity (Wildman–Crippen MR) is 125 cm³/mol. The van der Waals surface area contributed by atoms with Crippen LogP contribution in [0.1, 0.15) is 50.2 Å². The number of amides is 2. The second kappa shape index (κ2) is 9.85. The molecule has 1 aliphatic heterocycles. The summed E-state index contributed by atoms with van der Waals surface area (Å²) in [6, 6.07) is 15.5. The van der Waals surface area contributed by atoms with Crippen LogP contribution in [0.15, 0.2) is 48.5 Å². The van der Waals surface area contributed by atoms with Gasteiger partial charge in [-0.25, -0.2) is 9.59 Å². The van der Waals surface area contributed by atoms with E-state index in [4.69, 9.17) is 9.47 Å². The van der Waals surface area contributed by atoms with Crippen molar-refractivity contribution in [2.24, 2.45) is 0 Å². The van der Waals surface area contributed by atoms with Crippen molar-refractivity contribution < 1.29 is 29.0 Å². The number of carbonyl (C=O) groups is 3. The molecule has 1 fully saturated rings. The molecule has 3 N–H and O–H groups in total. The highest BCUT2D eigenvalue weighted by atomic mass is 16.5. The van der Waals surface area contributed by atoms with E-state index in [1.165, 1.54) is 0 Å². The highest BCUT2D eigenvalue weighted by molar-refractivity contribution is 5.90. The molecule has 0 aromatic heterocycles. The molecule has 1 aliphatic carbocycles. The molecule has 0 saturated carbocycles. The Morgan fingerprint density at radius 1 is 1.03 bits per heavy atom. The number of benzene rings is 2. The number of ether oxygens (including phenoxy) is 2. The largest absolute Gasteiger partial charge is 0.479 e. The van der Waals surface area contributed by atoms with Crippen LogP contribution in [0.4, 0.5) is 4.79 Å². The summed E-state index contributed by atoms with van der Waals surface area (Å²) in [5, 5.41) is 14.8. The second-order valence-corrected chi connectivity index (χ2v) is 8.74. The van der Waals surface area contributed by atoms with Gasteiger partial charge in [-0.1, -0.05) is 62.4 Å². The molecule has 2 atom stereocenters. The van der Waals surface area contributed by atoms with Gasteiger partial charge < -0.3 is 25.2 Å². The maximum absolute atomic E-state index is 13.1. The van der Waals surface area contributed by atoms with Crippen molar-refractivity contribution in [1.82, 2.24) is 10.6 Å². The number of rotatable bonds is 8. The minimum absolute atomic E-state index is 0.0865. The molecule has 34 heavy (non-hydrogen) atoms. The number of carbonyl (C=O) groups excluding carboxylic acids is 2. The monoisotopic (exact) mass is 466 g/mol. The lowest BCUT2D eigenvalue weighted by molar-refractivity contribution is -0.148. The quantitative estimate of drug-likeness (QED) is 0.549. The summed E-state index contributed by atoms with van der Waals surface area (Å²) in [6.45, 7) is 3.99. The third-order valence-corrected chi connectivity index (χ3v) is 6.98. The van der Waals surface area contributed by atoms with Crippen LogP contribution >= 0.6 is 0 Å². The highest BCUT2D eigenvalue weighted by Gasteiger charge is 2.42.